The van der Waals surface area contributed by atoms with E-state index in [1.807, 2.05) is 47.4 Å². The second-order valence-electron chi connectivity index (χ2n) is 6.77. The van der Waals surface area contributed by atoms with Crippen LogP contribution in [0.3, 0.4) is 0 Å². The maximum absolute atomic E-state index is 13.4. The first-order valence-electron chi connectivity index (χ1n) is 8.99. The maximum Gasteiger partial charge on any atom is 0.263 e. The molecule has 0 N–H and O–H groups in total. The lowest BCUT2D eigenvalue weighted by Gasteiger charge is -2.30. The number of anilines is 1. The summed E-state index contributed by atoms with van der Waals surface area (Å²) in [5.41, 5.74) is 4.75. The number of fused-ring (bicyclic) bond motifs is 2. The van der Waals surface area contributed by atoms with Crippen molar-refractivity contribution in [3.8, 4) is 0 Å². The molecule has 0 atom stereocenters. The molecule has 3 heterocycles. The van der Waals surface area contributed by atoms with Crippen LogP contribution in [0.4, 0.5) is 5.69 Å². The molecule has 5 heteroatoms. The molecule has 0 bridgehead atoms. The van der Waals surface area contributed by atoms with Gasteiger partial charge in [0.1, 0.15) is 12.4 Å². The van der Waals surface area contributed by atoms with Crippen LogP contribution in [0.15, 0.2) is 48.5 Å². The van der Waals surface area contributed by atoms with Gasteiger partial charge in [0.25, 0.3) is 5.91 Å². The van der Waals surface area contributed by atoms with Gasteiger partial charge in [-0.05, 0) is 6.07 Å². The molecule has 0 aromatic heterocycles. The van der Waals surface area contributed by atoms with Crippen molar-refractivity contribution in [3.63, 3.8) is 0 Å². The zero-order valence-corrected chi connectivity index (χ0v) is 14.5. The number of morpholine rings is 1. The number of para-hydroxylation sites is 1. The van der Waals surface area contributed by atoms with Crippen LogP contribution in [0.5, 0.6) is 0 Å². The third kappa shape index (κ3) is 2.43. The summed E-state index contributed by atoms with van der Waals surface area (Å²) >= 11 is 0. The molecule has 1 amide bonds. The minimum absolute atomic E-state index is 0.0180. The van der Waals surface area contributed by atoms with Crippen molar-refractivity contribution >= 4 is 22.9 Å². The number of ether oxygens (including phenoxy) is 2. The van der Waals surface area contributed by atoms with E-state index in [0.717, 1.165) is 35.5 Å². The molecule has 1 saturated heterocycles. The summed E-state index contributed by atoms with van der Waals surface area (Å²) in [5, 5.41) is 0. The van der Waals surface area contributed by atoms with Crippen molar-refractivity contribution in [2.24, 2.45) is 0 Å². The molecule has 2 aromatic rings. The molecule has 0 unspecified atom stereocenters. The van der Waals surface area contributed by atoms with Crippen LogP contribution in [-0.2, 0) is 20.9 Å². The van der Waals surface area contributed by atoms with Crippen LogP contribution in [0, 0.1) is 0 Å². The van der Waals surface area contributed by atoms with Crippen molar-refractivity contribution in [2.45, 2.75) is 6.61 Å². The Hall–Kier alpha value is -2.63. The Morgan fingerprint density at radius 1 is 0.923 bits per heavy atom. The van der Waals surface area contributed by atoms with Crippen LogP contribution in [0.2, 0.25) is 0 Å². The summed E-state index contributed by atoms with van der Waals surface area (Å²) in [6.07, 6.45) is 0. The minimum atomic E-state index is 0.0180. The first-order chi connectivity index (χ1) is 12.8. The molecular weight excluding hydrogens is 328 g/mol. The van der Waals surface area contributed by atoms with E-state index < -0.39 is 0 Å². The Bertz CT molecular complexity index is 900. The molecule has 132 valence electrons. The Balaban J connectivity index is 1.58. The highest BCUT2D eigenvalue weighted by Gasteiger charge is 2.38. The Kier molecular flexibility index (Phi) is 3.76. The molecule has 0 spiro atoms. The molecular formula is C21H20N2O3. The van der Waals surface area contributed by atoms with Gasteiger partial charge in [0, 0.05) is 29.8 Å². The van der Waals surface area contributed by atoms with Gasteiger partial charge in [-0.3, -0.25) is 14.6 Å². The van der Waals surface area contributed by atoms with Gasteiger partial charge in [-0.1, -0.05) is 42.5 Å². The predicted molar refractivity (Wildman–Crippen MR) is 99.2 cm³/mol. The first kappa shape index (κ1) is 15.6. The fraction of sp³-hybridized carbons (Fsp3) is 0.286. The van der Waals surface area contributed by atoms with Gasteiger partial charge in [0.15, 0.2) is 0 Å². The SMILES string of the molecule is O=C1/C(=C2/OCc3ccccc32)c2ccccc2N1CN1CCOCC1. The second-order valence-corrected chi connectivity index (χ2v) is 6.77. The highest BCUT2D eigenvalue weighted by molar-refractivity contribution is 6.37. The van der Waals surface area contributed by atoms with E-state index in [1.54, 1.807) is 0 Å². The van der Waals surface area contributed by atoms with Gasteiger partial charge in [-0.2, -0.15) is 0 Å². The molecule has 0 aliphatic carbocycles. The number of hydrogen-bond acceptors (Lipinski definition) is 4. The number of hydrogen-bond donors (Lipinski definition) is 0. The second kappa shape index (κ2) is 6.27. The Morgan fingerprint density at radius 2 is 1.65 bits per heavy atom. The quantitative estimate of drug-likeness (QED) is 0.783. The molecule has 5 nitrogen and oxygen atoms in total. The van der Waals surface area contributed by atoms with E-state index >= 15 is 0 Å². The van der Waals surface area contributed by atoms with Crippen LogP contribution < -0.4 is 4.90 Å². The van der Waals surface area contributed by atoms with Gasteiger partial charge < -0.3 is 9.47 Å². The molecule has 0 radical (unpaired) electrons. The lowest BCUT2D eigenvalue weighted by molar-refractivity contribution is -0.113. The van der Waals surface area contributed by atoms with Gasteiger partial charge in [-0.25, -0.2) is 0 Å². The van der Waals surface area contributed by atoms with Gasteiger partial charge in [0.05, 0.1) is 31.1 Å². The van der Waals surface area contributed by atoms with Gasteiger partial charge in [0.2, 0.25) is 0 Å². The average Bonchev–Trinajstić information content (AvgIpc) is 3.22. The van der Waals surface area contributed by atoms with E-state index in [4.69, 9.17) is 9.47 Å². The summed E-state index contributed by atoms with van der Waals surface area (Å²) in [4.78, 5) is 17.5. The van der Waals surface area contributed by atoms with Crippen molar-refractivity contribution < 1.29 is 14.3 Å². The first-order valence-corrected chi connectivity index (χ1v) is 8.99. The van der Waals surface area contributed by atoms with E-state index in [9.17, 15) is 4.79 Å². The number of carbonyl (C=O) groups excluding carboxylic acids is 1. The summed E-state index contributed by atoms with van der Waals surface area (Å²) < 4.78 is 11.4. The number of amides is 1. The largest absolute Gasteiger partial charge is 0.487 e. The van der Waals surface area contributed by atoms with Gasteiger partial charge >= 0.3 is 0 Å². The van der Waals surface area contributed by atoms with Crippen LogP contribution >= 0.6 is 0 Å². The third-order valence-electron chi connectivity index (χ3n) is 5.23. The normalized spacial score (nSPS) is 22.3. The summed E-state index contributed by atoms with van der Waals surface area (Å²) in [5.74, 6) is 0.729. The number of rotatable bonds is 2. The average molecular weight is 348 g/mol. The lowest BCUT2D eigenvalue weighted by Crippen LogP contribution is -2.45. The van der Waals surface area contributed by atoms with Crippen molar-refractivity contribution in [3.05, 3.63) is 65.2 Å². The summed E-state index contributed by atoms with van der Waals surface area (Å²) in [7, 11) is 0. The Morgan fingerprint density at radius 3 is 2.50 bits per heavy atom. The zero-order chi connectivity index (χ0) is 17.5. The van der Waals surface area contributed by atoms with Crippen LogP contribution in [0.25, 0.3) is 11.3 Å². The van der Waals surface area contributed by atoms with E-state index in [-0.39, 0.29) is 5.91 Å². The number of nitrogens with zero attached hydrogens (tertiary/aromatic N) is 2. The number of carbonyl (C=O) groups is 1. The predicted octanol–water partition coefficient (Wildman–Crippen LogP) is 2.72. The maximum atomic E-state index is 13.4. The van der Waals surface area contributed by atoms with Crippen molar-refractivity contribution in [2.75, 3.05) is 37.9 Å². The van der Waals surface area contributed by atoms with Crippen molar-refractivity contribution in [1.29, 1.82) is 0 Å². The topological polar surface area (TPSA) is 42.0 Å². The highest BCUT2D eigenvalue weighted by Crippen LogP contribution is 2.43. The zero-order valence-electron chi connectivity index (χ0n) is 14.5. The number of benzene rings is 2. The summed E-state index contributed by atoms with van der Waals surface area (Å²) in [6, 6.07) is 16.1. The van der Waals surface area contributed by atoms with E-state index in [0.29, 0.717) is 37.8 Å². The van der Waals surface area contributed by atoms with E-state index in [2.05, 4.69) is 11.0 Å². The highest BCUT2D eigenvalue weighted by atomic mass is 16.5. The molecule has 1 fully saturated rings. The van der Waals surface area contributed by atoms with Gasteiger partial charge in [-0.15, -0.1) is 0 Å². The molecule has 3 aliphatic heterocycles. The van der Waals surface area contributed by atoms with Crippen LogP contribution in [-0.4, -0.2) is 43.8 Å². The smallest absolute Gasteiger partial charge is 0.263 e. The molecule has 26 heavy (non-hydrogen) atoms. The molecule has 3 aliphatic rings. The third-order valence-corrected chi connectivity index (χ3v) is 5.23. The monoisotopic (exact) mass is 348 g/mol. The standard InChI is InChI=1S/C21H20N2O3/c24-21-19(20-16-6-2-1-5-15(16)13-26-20)17-7-3-4-8-18(17)23(21)14-22-9-11-25-12-10-22/h1-8H,9-14H2/b20-19+. The molecule has 5 rings (SSSR count). The Labute approximate surface area is 152 Å². The fourth-order valence-corrected chi connectivity index (χ4v) is 3.88. The summed E-state index contributed by atoms with van der Waals surface area (Å²) in [6.45, 7) is 4.22. The molecule has 2 aromatic carbocycles. The lowest BCUT2D eigenvalue weighted by atomic mass is 10.0. The van der Waals surface area contributed by atoms with Crippen molar-refractivity contribution in [1.82, 2.24) is 4.90 Å². The van der Waals surface area contributed by atoms with E-state index in [1.165, 1.54) is 0 Å². The van der Waals surface area contributed by atoms with Crippen LogP contribution in [0.1, 0.15) is 16.7 Å². The minimum Gasteiger partial charge on any atom is -0.487 e. The fourth-order valence-electron chi connectivity index (χ4n) is 3.88. The molecule has 0 saturated carbocycles.